The number of benzene rings is 1. The molecule has 0 N–H and O–H groups in total. The predicted molar refractivity (Wildman–Crippen MR) is 57.1 cm³/mol. The fraction of sp³-hybridized carbons (Fsp3) is 0.500. The maximum absolute atomic E-state index is 2.46. The first-order chi connectivity index (χ1) is 6.40. The van der Waals surface area contributed by atoms with Crippen LogP contribution in [0.5, 0.6) is 0 Å². The van der Waals surface area contributed by atoms with Gasteiger partial charge in [-0.1, -0.05) is 31.5 Å². The highest BCUT2D eigenvalue weighted by Gasteiger charge is 2.25. The van der Waals surface area contributed by atoms with Crippen LogP contribution in [-0.4, -0.2) is 13.1 Å². The number of para-hydroxylation sites is 1. The quantitative estimate of drug-likeness (QED) is 0.682. The molecule has 1 aliphatic heterocycles. The van der Waals surface area contributed by atoms with Crippen molar-refractivity contribution in [2.24, 2.45) is 5.92 Å². The molecule has 1 nitrogen and oxygen atoms in total. The third-order valence-electron chi connectivity index (χ3n) is 2.78. The van der Waals surface area contributed by atoms with Crippen LogP contribution in [0.25, 0.3) is 0 Å². The van der Waals surface area contributed by atoms with Gasteiger partial charge in [0.15, 0.2) is 0 Å². The van der Waals surface area contributed by atoms with E-state index in [1.807, 2.05) is 0 Å². The Bertz CT molecular complexity index is 249. The van der Waals surface area contributed by atoms with Gasteiger partial charge in [-0.15, -0.1) is 0 Å². The number of anilines is 1. The van der Waals surface area contributed by atoms with Crippen LogP contribution in [0, 0.1) is 5.92 Å². The Hall–Kier alpha value is -0.980. The van der Waals surface area contributed by atoms with E-state index in [0.29, 0.717) is 0 Å². The Morgan fingerprint density at radius 3 is 2.54 bits per heavy atom. The van der Waals surface area contributed by atoms with Crippen LogP contribution in [0.2, 0.25) is 0 Å². The van der Waals surface area contributed by atoms with Crippen LogP contribution in [0.4, 0.5) is 5.69 Å². The lowest BCUT2D eigenvalue weighted by Gasteiger charge is -2.41. The van der Waals surface area contributed by atoms with Crippen molar-refractivity contribution in [3.8, 4) is 0 Å². The van der Waals surface area contributed by atoms with Gasteiger partial charge in [-0.2, -0.15) is 0 Å². The molecule has 0 amide bonds. The van der Waals surface area contributed by atoms with Gasteiger partial charge in [0.1, 0.15) is 0 Å². The molecule has 1 heteroatoms. The van der Waals surface area contributed by atoms with Gasteiger partial charge in [0.2, 0.25) is 0 Å². The van der Waals surface area contributed by atoms with Gasteiger partial charge in [-0.25, -0.2) is 0 Å². The molecule has 0 aliphatic carbocycles. The van der Waals surface area contributed by atoms with Gasteiger partial charge >= 0.3 is 0 Å². The van der Waals surface area contributed by atoms with Crippen molar-refractivity contribution >= 4 is 5.69 Å². The standard InChI is InChI=1S/C12H17N/c1-2-6-11-9-13(10-11)12-7-4-3-5-8-12/h3-5,7-8,11H,2,6,9-10H2,1H3. The van der Waals surface area contributed by atoms with Gasteiger partial charge < -0.3 is 4.90 Å². The Balaban J connectivity index is 1.87. The van der Waals surface area contributed by atoms with Crippen molar-refractivity contribution in [3.63, 3.8) is 0 Å². The normalized spacial score (nSPS) is 17.2. The second kappa shape index (κ2) is 3.82. The lowest BCUT2D eigenvalue weighted by Crippen LogP contribution is -2.46. The van der Waals surface area contributed by atoms with Gasteiger partial charge in [0.25, 0.3) is 0 Å². The van der Waals surface area contributed by atoms with Crippen molar-refractivity contribution in [2.75, 3.05) is 18.0 Å². The maximum atomic E-state index is 2.46. The molecule has 0 saturated carbocycles. The molecule has 1 aromatic carbocycles. The zero-order valence-corrected chi connectivity index (χ0v) is 8.24. The summed E-state index contributed by atoms with van der Waals surface area (Å²) < 4.78 is 0. The average molecular weight is 175 g/mol. The third-order valence-corrected chi connectivity index (χ3v) is 2.78. The van der Waals surface area contributed by atoms with E-state index < -0.39 is 0 Å². The summed E-state index contributed by atoms with van der Waals surface area (Å²) >= 11 is 0. The average Bonchev–Trinajstić information content (AvgIpc) is 2.12. The molecule has 0 spiro atoms. The summed E-state index contributed by atoms with van der Waals surface area (Å²) in [6.07, 6.45) is 2.72. The second-order valence-corrected chi connectivity index (χ2v) is 3.90. The van der Waals surface area contributed by atoms with Crippen molar-refractivity contribution in [2.45, 2.75) is 19.8 Å². The van der Waals surface area contributed by atoms with Gasteiger partial charge in [0, 0.05) is 18.8 Å². The van der Waals surface area contributed by atoms with E-state index in [1.165, 1.54) is 31.6 Å². The summed E-state index contributed by atoms with van der Waals surface area (Å²) in [6.45, 7) is 4.79. The highest BCUT2D eigenvalue weighted by atomic mass is 15.2. The third kappa shape index (κ3) is 1.85. The topological polar surface area (TPSA) is 3.24 Å². The van der Waals surface area contributed by atoms with Gasteiger partial charge in [-0.05, 0) is 24.5 Å². The molecule has 13 heavy (non-hydrogen) atoms. The SMILES string of the molecule is CCCC1CN(c2ccccc2)C1. The summed E-state index contributed by atoms with van der Waals surface area (Å²) in [5, 5.41) is 0. The predicted octanol–water partition coefficient (Wildman–Crippen LogP) is 2.92. The van der Waals surface area contributed by atoms with Crippen LogP contribution in [-0.2, 0) is 0 Å². The number of hydrogen-bond donors (Lipinski definition) is 0. The molecule has 0 radical (unpaired) electrons. The first-order valence-corrected chi connectivity index (χ1v) is 5.20. The largest absolute Gasteiger partial charge is 0.371 e. The molecule has 1 heterocycles. The van der Waals surface area contributed by atoms with E-state index in [9.17, 15) is 0 Å². The summed E-state index contributed by atoms with van der Waals surface area (Å²) in [7, 11) is 0. The first kappa shape index (κ1) is 8.61. The Labute approximate surface area is 80.4 Å². The Morgan fingerprint density at radius 1 is 1.23 bits per heavy atom. The van der Waals surface area contributed by atoms with E-state index in [4.69, 9.17) is 0 Å². The highest BCUT2D eigenvalue weighted by molar-refractivity contribution is 5.48. The van der Waals surface area contributed by atoms with Gasteiger partial charge in [0.05, 0.1) is 0 Å². The number of hydrogen-bond acceptors (Lipinski definition) is 1. The fourth-order valence-electron chi connectivity index (χ4n) is 2.01. The molecule has 0 aromatic heterocycles. The number of nitrogens with zero attached hydrogens (tertiary/aromatic N) is 1. The summed E-state index contributed by atoms with van der Waals surface area (Å²) in [6, 6.07) is 10.7. The number of rotatable bonds is 3. The fourth-order valence-corrected chi connectivity index (χ4v) is 2.01. The Kier molecular flexibility index (Phi) is 2.53. The van der Waals surface area contributed by atoms with E-state index in [0.717, 1.165) is 5.92 Å². The van der Waals surface area contributed by atoms with Crippen LogP contribution in [0.3, 0.4) is 0 Å². The molecular formula is C12H17N. The lowest BCUT2D eigenvalue weighted by atomic mass is 9.94. The van der Waals surface area contributed by atoms with Crippen molar-refractivity contribution in [3.05, 3.63) is 30.3 Å². The van der Waals surface area contributed by atoms with Crippen molar-refractivity contribution in [1.29, 1.82) is 0 Å². The molecule has 1 aromatic rings. The monoisotopic (exact) mass is 175 g/mol. The van der Waals surface area contributed by atoms with Crippen LogP contribution in [0.15, 0.2) is 30.3 Å². The van der Waals surface area contributed by atoms with E-state index in [2.05, 4.69) is 42.2 Å². The molecule has 1 aliphatic rings. The lowest BCUT2D eigenvalue weighted by molar-refractivity contribution is 0.381. The highest BCUT2D eigenvalue weighted by Crippen LogP contribution is 2.26. The van der Waals surface area contributed by atoms with Crippen LogP contribution >= 0.6 is 0 Å². The minimum atomic E-state index is 0.949. The first-order valence-electron chi connectivity index (χ1n) is 5.20. The molecule has 70 valence electrons. The summed E-state index contributed by atoms with van der Waals surface area (Å²) in [4.78, 5) is 2.46. The molecule has 0 atom stereocenters. The summed E-state index contributed by atoms with van der Waals surface area (Å²) in [5.41, 5.74) is 1.38. The molecular weight excluding hydrogens is 158 g/mol. The molecule has 2 rings (SSSR count). The molecule has 1 fully saturated rings. The molecule has 1 saturated heterocycles. The van der Waals surface area contributed by atoms with E-state index >= 15 is 0 Å². The smallest absolute Gasteiger partial charge is 0.0366 e. The minimum Gasteiger partial charge on any atom is -0.371 e. The van der Waals surface area contributed by atoms with E-state index in [-0.39, 0.29) is 0 Å². The minimum absolute atomic E-state index is 0.949. The molecule has 0 bridgehead atoms. The van der Waals surface area contributed by atoms with E-state index in [1.54, 1.807) is 0 Å². The second-order valence-electron chi connectivity index (χ2n) is 3.90. The van der Waals surface area contributed by atoms with Crippen LogP contribution in [0.1, 0.15) is 19.8 Å². The maximum Gasteiger partial charge on any atom is 0.0366 e. The zero-order valence-electron chi connectivity index (χ0n) is 8.24. The zero-order chi connectivity index (χ0) is 9.10. The Morgan fingerprint density at radius 2 is 1.92 bits per heavy atom. The van der Waals surface area contributed by atoms with Crippen molar-refractivity contribution in [1.82, 2.24) is 0 Å². The van der Waals surface area contributed by atoms with Crippen LogP contribution < -0.4 is 4.90 Å². The molecule has 0 unspecified atom stereocenters. The van der Waals surface area contributed by atoms with Crippen molar-refractivity contribution < 1.29 is 0 Å². The summed E-state index contributed by atoms with van der Waals surface area (Å²) in [5.74, 6) is 0.949. The van der Waals surface area contributed by atoms with Gasteiger partial charge in [-0.3, -0.25) is 0 Å².